The molecule has 0 bridgehead atoms. The Hall–Kier alpha value is -3.16. The molecule has 4 saturated carbocycles. The number of nitrogens with one attached hydrogen (secondary N) is 2. The van der Waals surface area contributed by atoms with Gasteiger partial charge in [-0.2, -0.15) is 0 Å². The van der Waals surface area contributed by atoms with Crippen molar-refractivity contribution in [2.24, 2.45) is 34.5 Å². The number of ketones is 1. The van der Waals surface area contributed by atoms with Crippen molar-refractivity contribution in [1.29, 1.82) is 0 Å². The van der Waals surface area contributed by atoms with E-state index in [-0.39, 0.29) is 42.2 Å². The van der Waals surface area contributed by atoms with Crippen molar-refractivity contribution >= 4 is 34.5 Å². The van der Waals surface area contributed by atoms with Gasteiger partial charge in [-0.1, -0.05) is 32.0 Å². The molecule has 1 heterocycles. The minimum absolute atomic E-state index is 0.0551. The zero-order valence-electron chi connectivity index (χ0n) is 24.8. The van der Waals surface area contributed by atoms with E-state index >= 15 is 0 Å². The first kappa shape index (κ1) is 28.9. The third-order valence-corrected chi connectivity index (χ3v) is 12.0. The van der Waals surface area contributed by atoms with Gasteiger partial charge in [0, 0.05) is 48.2 Å². The molecule has 4 aliphatic rings. The summed E-state index contributed by atoms with van der Waals surface area (Å²) in [5.74, 6) is 0.785. The average molecular weight is 577 g/mol. The lowest BCUT2D eigenvalue weighted by molar-refractivity contribution is -0.164. The van der Waals surface area contributed by atoms with E-state index in [2.05, 4.69) is 24.1 Å². The Balaban J connectivity index is 1.02. The van der Waals surface area contributed by atoms with Crippen LogP contribution >= 0.6 is 0 Å². The summed E-state index contributed by atoms with van der Waals surface area (Å²) in [6.45, 7) is 4.74. The maximum absolute atomic E-state index is 12.9. The number of H-pyrrole nitrogens is 1. The first-order valence-electron chi connectivity index (χ1n) is 15.9. The van der Waals surface area contributed by atoms with E-state index < -0.39 is 17.9 Å². The van der Waals surface area contributed by atoms with Crippen molar-refractivity contribution in [3.05, 3.63) is 36.0 Å². The van der Waals surface area contributed by atoms with Crippen LogP contribution in [0.5, 0.6) is 0 Å². The molecule has 42 heavy (non-hydrogen) atoms. The number of carbonyl (C=O) groups is 4. The van der Waals surface area contributed by atoms with E-state index in [0.717, 1.165) is 67.8 Å². The van der Waals surface area contributed by atoms with Gasteiger partial charge in [-0.3, -0.25) is 14.4 Å². The molecule has 4 fully saturated rings. The molecule has 1 aromatic heterocycles. The third-order valence-electron chi connectivity index (χ3n) is 12.0. The maximum Gasteiger partial charge on any atom is 0.326 e. The zero-order chi connectivity index (χ0) is 29.6. The number of aromatic nitrogens is 1. The molecular formula is C34H44N2O6. The van der Waals surface area contributed by atoms with Gasteiger partial charge >= 0.3 is 11.9 Å². The van der Waals surface area contributed by atoms with Crippen LogP contribution in [0.3, 0.4) is 0 Å². The standard InChI is InChI=1S/C34H44N2O6/c1-33-15-13-22(37)18-21(33)7-8-24-25-9-10-29(34(25,2)16-14-26(24)33)42-31(39)12-11-30(38)36-28(32(40)41)17-20-19-35-27-6-4-3-5-23(20)27/h3-6,19,21,24-26,28-29,35H,7-18H2,1-2H3,(H,36,38)(H,40,41)/t21-,24+,25-,26+,28+,29-,33-,34-/m0/s1. The number of benzene rings is 1. The number of carboxylic acid groups (broad SMARTS) is 1. The average Bonchev–Trinajstić information content (AvgIpc) is 3.52. The number of para-hydroxylation sites is 1. The molecule has 226 valence electrons. The van der Waals surface area contributed by atoms with Crippen LogP contribution in [0.4, 0.5) is 0 Å². The monoisotopic (exact) mass is 576 g/mol. The number of esters is 1. The van der Waals surface area contributed by atoms with Gasteiger partial charge in [0.1, 0.15) is 17.9 Å². The summed E-state index contributed by atoms with van der Waals surface area (Å²) in [6, 6.07) is 6.55. The van der Waals surface area contributed by atoms with Crippen molar-refractivity contribution in [2.45, 2.75) is 103 Å². The van der Waals surface area contributed by atoms with Crippen LogP contribution in [0.1, 0.15) is 90.0 Å². The van der Waals surface area contributed by atoms with E-state index in [9.17, 15) is 24.3 Å². The summed E-state index contributed by atoms with van der Waals surface area (Å²) < 4.78 is 6.06. The number of fused-ring (bicyclic) bond motifs is 6. The lowest BCUT2D eigenvalue weighted by Crippen LogP contribution is -2.54. The molecule has 0 aliphatic heterocycles. The Kier molecular flexibility index (Phi) is 7.69. The fourth-order valence-corrected chi connectivity index (χ4v) is 9.61. The fourth-order valence-electron chi connectivity index (χ4n) is 9.61. The van der Waals surface area contributed by atoms with Crippen molar-refractivity contribution in [3.63, 3.8) is 0 Å². The van der Waals surface area contributed by atoms with Crippen molar-refractivity contribution in [1.82, 2.24) is 10.3 Å². The van der Waals surface area contributed by atoms with Crippen LogP contribution in [0.2, 0.25) is 0 Å². The number of Topliss-reactive ketones (excluding diaryl/α,β-unsaturated/α-hetero) is 1. The number of hydrogen-bond donors (Lipinski definition) is 3. The molecule has 0 unspecified atom stereocenters. The molecule has 0 spiro atoms. The Morgan fingerprint density at radius 2 is 1.81 bits per heavy atom. The highest BCUT2D eigenvalue weighted by Crippen LogP contribution is 2.66. The highest BCUT2D eigenvalue weighted by Gasteiger charge is 2.61. The van der Waals surface area contributed by atoms with Gasteiger partial charge in [0.2, 0.25) is 5.91 Å². The second-order valence-electron chi connectivity index (χ2n) is 14.0. The lowest BCUT2D eigenvalue weighted by Gasteiger charge is -2.60. The number of ether oxygens (including phenoxy) is 1. The van der Waals surface area contributed by atoms with Gasteiger partial charge in [0.15, 0.2) is 0 Å². The van der Waals surface area contributed by atoms with Gasteiger partial charge in [-0.05, 0) is 85.7 Å². The Labute approximate surface area is 247 Å². The molecule has 8 nitrogen and oxygen atoms in total. The molecule has 4 aliphatic carbocycles. The van der Waals surface area contributed by atoms with Crippen LogP contribution in [0.15, 0.2) is 30.5 Å². The van der Waals surface area contributed by atoms with E-state index in [1.54, 1.807) is 6.20 Å². The normalized spacial score (nSPS) is 34.6. The van der Waals surface area contributed by atoms with E-state index in [1.165, 1.54) is 6.42 Å². The molecule has 1 aromatic carbocycles. The number of carboxylic acids is 1. The second-order valence-corrected chi connectivity index (χ2v) is 14.0. The molecular weight excluding hydrogens is 532 g/mol. The Morgan fingerprint density at radius 1 is 1.02 bits per heavy atom. The van der Waals surface area contributed by atoms with E-state index in [4.69, 9.17) is 4.74 Å². The second kappa shape index (κ2) is 11.2. The van der Waals surface area contributed by atoms with Gasteiger partial charge < -0.3 is 20.1 Å². The van der Waals surface area contributed by atoms with Gasteiger partial charge in [0.05, 0.1) is 6.42 Å². The smallest absolute Gasteiger partial charge is 0.326 e. The van der Waals surface area contributed by atoms with Gasteiger partial charge in [-0.25, -0.2) is 4.79 Å². The van der Waals surface area contributed by atoms with Crippen molar-refractivity contribution in [3.8, 4) is 0 Å². The van der Waals surface area contributed by atoms with Gasteiger partial charge in [-0.15, -0.1) is 0 Å². The molecule has 8 atom stereocenters. The minimum Gasteiger partial charge on any atom is -0.480 e. The van der Waals surface area contributed by atoms with Crippen molar-refractivity contribution in [2.75, 3.05) is 0 Å². The number of aromatic amines is 1. The first-order valence-corrected chi connectivity index (χ1v) is 15.9. The van der Waals surface area contributed by atoms with Crippen LogP contribution in [-0.2, 0) is 30.3 Å². The Bertz CT molecular complexity index is 1380. The number of aliphatic carboxylic acids is 1. The molecule has 8 heteroatoms. The van der Waals surface area contributed by atoms with Crippen LogP contribution in [0, 0.1) is 34.5 Å². The molecule has 1 amide bonds. The molecule has 2 aromatic rings. The molecule has 3 N–H and O–H groups in total. The molecule has 0 radical (unpaired) electrons. The van der Waals surface area contributed by atoms with Crippen LogP contribution < -0.4 is 5.32 Å². The van der Waals surface area contributed by atoms with Crippen molar-refractivity contribution < 1.29 is 29.0 Å². The largest absolute Gasteiger partial charge is 0.480 e. The quantitative estimate of drug-likeness (QED) is 0.352. The summed E-state index contributed by atoms with van der Waals surface area (Å²) in [4.78, 5) is 52.9. The van der Waals surface area contributed by atoms with Crippen LogP contribution in [0.25, 0.3) is 10.9 Å². The third kappa shape index (κ3) is 5.15. The number of amides is 1. The number of hydrogen-bond acceptors (Lipinski definition) is 5. The molecule has 6 rings (SSSR count). The predicted molar refractivity (Wildman–Crippen MR) is 157 cm³/mol. The highest BCUT2D eigenvalue weighted by atomic mass is 16.5. The number of carbonyl (C=O) groups excluding carboxylic acids is 3. The highest BCUT2D eigenvalue weighted by molar-refractivity contribution is 5.88. The fraction of sp³-hybridized carbons (Fsp3) is 0.647. The SMILES string of the molecule is C[C@]12CCC(=O)C[C@@H]1CC[C@H]1[C@H]2CC[C@]2(C)[C@@H](OC(=O)CCC(=O)N[C@H](Cc3c[nH]c4ccccc34)C(=O)O)CC[C@@H]12. The summed E-state index contributed by atoms with van der Waals surface area (Å²) in [7, 11) is 0. The Morgan fingerprint density at radius 3 is 2.62 bits per heavy atom. The molecule has 0 saturated heterocycles. The topological polar surface area (TPSA) is 126 Å². The zero-order valence-corrected chi connectivity index (χ0v) is 24.8. The minimum atomic E-state index is -1.11. The van der Waals surface area contributed by atoms with E-state index in [0.29, 0.717) is 29.5 Å². The van der Waals surface area contributed by atoms with E-state index in [1.807, 2.05) is 24.3 Å². The number of rotatable bonds is 8. The predicted octanol–water partition coefficient (Wildman–Crippen LogP) is 5.58. The first-order chi connectivity index (χ1) is 20.1. The van der Waals surface area contributed by atoms with Crippen LogP contribution in [-0.4, -0.2) is 45.9 Å². The summed E-state index contributed by atoms with van der Waals surface area (Å²) in [6.07, 6.45) is 10.5. The summed E-state index contributed by atoms with van der Waals surface area (Å²) >= 11 is 0. The van der Waals surface area contributed by atoms with Gasteiger partial charge in [0.25, 0.3) is 0 Å². The lowest BCUT2D eigenvalue weighted by atomic mass is 9.45. The summed E-state index contributed by atoms with van der Waals surface area (Å²) in [5.41, 5.74) is 1.92. The maximum atomic E-state index is 12.9. The summed E-state index contributed by atoms with van der Waals surface area (Å²) in [5, 5.41) is 13.3.